The van der Waals surface area contributed by atoms with Gasteiger partial charge in [-0.05, 0) is 51.1 Å². The Hall–Kier alpha value is -4.16. The van der Waals surface area contributed by atoms with Crippen molar-refractivity contribution in [3.63, 3.8) is 0 Å². The van der Waals surface area contributed by atoms with Crippen LogP contribution in [0.1, 0.15) is 32.6 Å². The maximum Gasteiger partial charge on any atom is 0.253 e. The topological polar surface area (TPSA) is 115 Å². The lowest BCUT2D eigenvalue weighted by atomic mass is 10.1. The molecule has 0 spiro atoms. The molecule has 0 saturated carbocycles. The predicted molar refractivity (Wildman–Crippen MR) is 139 cm³/mol. The molecule has 2 aromatic heterocycles. The predicted octanol–water partition coefficient (Wildman–Crippen LogP) is 4.06. The first-order valence-corrected chi connectivity index (χ1v) is 12.5. The molecule has 12 heteroatoms. The Labute approximate surface area is 222 Å². The highest BCUT2D eigenvalue weighted by Gasteiger charge is 2.34. The molecule has 202 valence electrons. The first kappa shape index (κ1) is 25.1. The number of imidazole rings is 1. The summed E-state index contributed by atoms with van der Waals surface area (Å²) in [5.41, 5.74) is 0.330. The second-order valence-electron chi connectivity index (χ2n) is 10.1. The minimum Gasteiger partial charge on any atom is -0.488 e. The van der Waals surface area contributed by atoms with Crippen molar-refractivity contribution in [3.8, 4) is 17.0 Å². The molecule has 0 aliphatic carbocycles. The van der Waals surface area contributed by atoms with Gasteiger partial charge in [0.25, 0.3) is 5.91 Å². The Bertz CT molecular complexity index is 1600. The van der Waals surface area contributed by atoms with E-state index in [9.17, 15) is 9.90 Å². The summed E-state index contributed by atoms with van der Waals surface area (Å²) in [6, 6.07) is 7.96. The van der Waals surface area contributed by atoms with Crippen LogP contribution in [0.4, 0.5) is 26.1 Å². The summed E-state index contributed by atoms with van der Waals surface area (Å²) >= 11 is 0. The second kappa shape index (κ2) is 9.24. The highest BCUT2D eigenvalue weighted by molar-refractivity contribution is 5.95. The number of hydrogen-bond donors (Lipinski definition) is 2. The van der Waals surface area contributed by atoms with Crippen LogP contribution >= 0.6 is 0 Å². The number of aliphatic hydroxyl groups is 1. The van der Waals surface area contributed by atoms with E-state index in [1.165, 1.54) is 0 Å². The summed E-state index contributed by atoms with van der Waals surface area (Å²) in [7, 11) is 0. The van der Waals surface area contributed by atoms with Gasteiger partial charge in [0.1, 0.15) is 41.4 Å². The molecule has 1 fully saturated rings. The van der Waals surface area contributed by atoms with Crippen molar-refractivity contribution in [1.82, 2.24) is 19.5 Å². The quantitative estimate of drug-likeness (QED) is 0.393. The second-order valence-corrected chi connectivity index (χ2v) is 10.1. The van der Waals surface area contributed by atoms with E-state index in [2.05, 4.69) is 20.3 Å². The van der Waals surface area contributed by atoms with Crippen molar-refractivity contribution in [2.75, 3.05) is 36.6 Å². The number of carbonyl (C=O) groups is 1. The van der Waals surface area contributed by atoms with Crippen LogP contribution in [-0.2, 0) is 15.1 Å². The number of halogens is 2. The van der Waals surface area contributed by atoms with Crippen LogP contribution in [-0.4, -0.2) is 56.9 Å². The van der Waals surface area contributed by atoms with Crippen LogP contribution in [0, 0.1) is 11.6 Å². The molecule has 2 aliphatic heterocycles. The third-order valence-corrected chi connectivity index (χ3v) is 6.75. The molecule has 1 saturated heterocycles. The van der Waals surface area contributed by atoms with Gasteiger partial charge in [0.15, 0.2) is 17.4 Å². The number of anilines is 3. The number of amides is 1. The monoisotopic (exact) mass is 536 g/mol. The largest absolute Gasteiger partial charge is 0.488 e. The number of benzene rings is 2. The fourth-order valence-electron chi connectivity index (χ4n) is 4.93. The third kappa shape index (κ3) is 4.35. The first-order chi connectivity index (χ1) is 18.6. The van der Waals surface area contributed by atoms with E-state index in [1.807, 2.05) is 6.92 Å². The van der Waals surface area contributed by atoms with E-state index >= 15 is 8.78 Å². The van der Waals surface area contributed by atoms with Crippen LogP contribution in [0.3, 0.4) is 0 Å². The van der Waals surface area contributed by atoms with Crippen molar-refractivity contribution < 1.29 is 28.2 Å². The molecule has 39 heavy (non-hydrogen) atoms. The number of carbonyl (C=O) groups excluding carboxylic acids is 1. The standard InChI is InChI=1S/C27H26F2N6O4/c1-14-12-39-24-17(10-18(28)22-23(24)35(14)25(32-22)27(2,3)37)21-19(29)11-30-26(33-21)31-15-4-6-16(7-5-15)34-8-9-38-13-20(34)36/h4-7,10-11,14,37H,8-9,12-13H2,1-3H3,(H,30,31,33)/t14-/m0/s1. The smallest absolute Gasteiger partial charge is 0.253 e. The summed E-state index contributed by atoms with van der Waals surface area (Å²) in [5, 5.41) is 13.7. The first-order valence-electron chi connectivity index (χ1n) is 12.5. The van der Waals surface area contributed by atoms with Crippen LogP contribution in [0.5, 0.6) is 5.75 Å². The van der Waals surface area contributed by atoms with Gasteiger partial charge in [0.2, 0.25) is 5.95 Å². The molecule has 4 heterocycles. The van der Waals surface area contributed by atoms with Gasteiger partial charge >= 0.3 is 0 Å². The van der Waals surface area contributed by atoms with Crippen molar-refractivity contribution in [1.29, 1.82) is 0 Å². The van der Waals surface area contributed by atoms with Crippen LogP contribution in [0.25, 0.3) is 22.3 Å². The van der Waals surface area contributed by atoms with Crippen molar-refractivity contribution in [2.24, 2.45) is 0 Å². The Kier molecular flexibility index (Phi) is 5.96. The van der Waals surface area contributed by atoms with Crippen LogP contribution in [0.15, 0.2) is 36.5 Å². The third-order valence-electron chi connectivity index (χ3n) is 6.75. The average Bonchev–Trinajstić information content (AvgIpc) is 3.33. The van der Waals surface area contributed by atoms with Gasteiger partial charge in [-0.1, -0.05) is 0 Å². The van der Waals surface area contributed by atoms with E-state index in [1.54, 1.807) is 47.6 Å². The summed E-state index contributed by atoms with van der Waals surface area (Å²) in [5.74, 6) is -0.952. The van der Waals surface area contributed by atoms with Gasteiger partial charge in [0.05, 0.1) is 24.4 Å². The highest BCUT2D eigenvalue weighted by Crippen LogP contribution is 2.44. The van der Waals surface area contributed by atoms with Gasteiger partial charge in [-0.2, -0.15) is 0 Å². The SMILES string of the molecule is C[C@H]1COc2c(-c3nc(Nc4ccc(N5CCOCC5=O)cc4)ncc3F)cc(F)c3nc(C(C)(C)O)n1c23. The average molecular weight is 537 g/mol. The number of nitrogens with one attached hydrogen (secondary N) is 1. The van der Waals surface area contributed by atoms with Gasteiger partial charge in [-0.15, -0.1) is 0 Å². The maximum atomic E-state index is 15.3. The van der Waals surface area contributed by atoms with Gasteiger partial charge in [-0.25, -0.2) is 23.7 Å². The number of hydrogen-bond acceptors (Lipinski definition) is 8. The molecule has 2 aliphatic rings. The lowest BCUT2D eigenvalue weighted by Crippen LogP contribution is -2.41. The Morgan fingerprint density at radius 2 is 1.92 bits per heavy atom. The molecule has 0 unspecified atom stereocenters. The van der Waals surface area contributed by atoms with E-state index in [0.717, 1.165) is 18.0 Å². The van der Waals surface area contributed by atoms with Gasteiger partial charge in [0, 0.05) is 17.9 Å². The van der Waals surface area contributed by atoms with E-state index in [-0.39, 0.29) is 53.6 Å². The molecular formula is C27H26F2N6O4. The molecule has 0 radical (unpaired) electrons. The van der Waals surface area contributed by atoms with Gasteiger partial charge < -0.3 is 29.4 Å². The lowest BCUT2D eigenvalue weighted by molar-refractivity contribution is -0.125. The zero-order valence-electron chi connectivity index (χ0n) is 21.5. The van der Waals surface area contributed by atoms with E-state index in [4.69, 9.17) is 9.47 Å². The molecule has 0 bridgehead atoms. The summed E-state index contributed by atoms with van der Waals surface area (Å²) in [4.78, 5) is 26.5. The Balaban J connectivity index is 1.37. The lowest BCUT2D eigenvalue weighted by Gasteiger charge is -2.28. The van der Waals surface area contributed by atoms with E-state index in [0.29, 0.717) is 30.2 Å². The van der Waals surface area contributed by atoms with Crippen molar-refractivity contribution in [3.05, 3.63) is 54.0 Å². The highest BCUT2D eigenvalue weighted by atomic mass is 19.1. The molecule has 1 amide bonds. The molecule has 2 aromatic carbocycles. The summed E-state index contributed by atoms with van der Waals surface area (Å²) in [6.07, 6.45) is 1.01. The minimum absolute atomic E-state index is 0.0316. The zero-order chi connectivity index (χ0) is 27.5. The molecule has 10 nitrogen and oxygen atoms in total. The fraction of sp³-hybridized carbons (Fsp3) is 0.333. The molecule has 4 aromatic rings. The molecular weight excluding hydrogens is 510 g/mol. The van der Waals surface area contributed by atoms with Crippen molar-refractivity contribution in [2.45, 2.75) is 32.4 Å². The van der Waals surface area contributed by atoms with E-state index < -0.39 is 17.2 Å². The Morgan fingerprint density at radius 3 is 2.64 bits per heavy atom. The number of morpholine rings is 1. The zero-order valence-corrected chi connectivity index (χ0v) is 21.5. The molecule has 2 N–H and O–H groups in total. The van der Waals surface area contributed by atoms with Crippen molar-refractivity contribution >= 4 is 34.3 Å². The molecule has 6 rings (SSSR count). The van der Waals surface area contributed by atoms with Crippen LogP contribution < -0.4 is 15.0 Å². The van der Waals surface area contributed by atoms with Gasteiger partial charge in [-0.3, -0.25) is 4.79 Å². The number of nitrogens with zero attached hydrogens (tertiary/aromatic N) is 5. The number of rotatable bonds is 5. The summed E-state index contributed by atoms with van der Waals surface area (Å²) < 4.78 is 43.3. The Morgan fingerprint density at radius 1 is 1.15 bits per heavy atom. The molecule has 1 atom stereocenters. The number of ether oxygens (including phenoxy) is 2. The fourth-order valence-corrected chi connectivity index (χ4v) is 4.93. The summed E-state index contributed by atoms with van der Waals surface area (Å²) in [6.45, 7) is 6.22. The minimum atomic E-state index is -1.34. The normalized spacial score (nSPS) is 17.4. The van der Waals surface area contributed by atoms with Crippen LogP contribution in [0.2, 0.25) is 0 Å². The number of aromatic nitrogens is 4. The maximum absolute atomic E-state index is 15.3.